The minimum Gasteiger partial charge on any atom is -0.391 e. The highest BCUT2D eigenvalue weighted by molar-refractivity contribution is 5.39. The topological polar surface area (TPSA) is 76.7 Å². The summed E-state index contributed by atoms with van der Waals surface area (Å²) in [4.78, 5) is 15.6. The Bertz CT molecular complexity index is 567. The number of piperidine rings is 1. The van der Waals surface area contributed by atoms with Crippen LogP contribution in [0.25, 0.3) is 0 Å². The number of aliphatic hydroxyl groups is 1. The van der Waals surface area contributed by atoms with Crippen LogP contribution in [-0.2, 0) is 6.54 Å². The lowest BCUT2D eigenvalue weighted by molar-refractivity contribution is -1.03. The third kappa shape index (κ3) is 4.76. The molecule has 0 unspecified atom stereocenters. The predicted molar refractivity (Wildman–Crippen MR) is 93.9 cm³/mol. The second kappa shape index (κ2) is 8.71. The van der Waals surface area contributed by atoms with Gasteiger partial charge in [-0.2, -0.15) is 0 Å². The van der Waals surface area contributed by atoms with Gasteiger partial charge in [-0.25, -0.2) is 0 Å². The number of rotatable bonds is 6. The Kier molecular flexibility index (Phi) is 6.36. The van der Waals surface area contributed by atoms with Crippen LogP contribution in [0.1, 0.15) is 18.4 Å². The highest BCUT2D eigenvalue weighted by Crippen LogP contribution is 2.16. The molecule has 1 aromatic carbocycles. The van der Waals surface area contributed by atoms with Gasteiger partial charge in [0.05, 0.1) is 36.2 Å². The Morgan fingerprint density at radius 2 is 1.72 bits per heavy atom. The maximum Gasteiger partial charge on any atom is 0.278 e. The standard InChI is InChI=1S/C18H28N4O3/c23-14-13-19-9-11-21(12-10-19)17-5-7-20(8-6-17)15-16-3-1-2-4-18(16)22(24)25/h1-4,17,23H,5-15H2/p+3. The molecule has 138 valence electrons. The number of piperazine rings is 1. The normalized spacial score (nSPS) is 30.1. The van der Waals surface area contributed by atoms with Gasteiger partial charge >= 0.3 is 0 Å². The molecular formula is C18H31N4O3+3. The molecule has 2 fully saturated rings. The summed E-state index contributed by atoms with van der Waals surface area (Å²) in [7, 11) is 0. The van der Waals surface area contributed by atoms with Crippen molar-refractivity contribution < 1.29 is 24.7 Å². The van der Waals surface area contributed by atoms with E-state index in [1.54, 1.807) is 17.0 Å². The molecule has 0 aliphatic carbocycles. The van der Waals surface area contributed by atoms with E-state index in [1.807, 2.05) is 12.1 Å². The summed E-state index contributed by atoms with van der Waals surface area (Å²) in [5, 5.41) is 20.2. The molecule has 7 nitrogen and oxygen atoms in total. The maximum absolute atomic E-state index is 11.2. The maximum atomic E-state index is 11.2. The molecule has 0 saturated carbocycles. The zero-order valence-electron chi connectivity index (χ0n) is 14.9. The van der Waals surface area contributed by atoms with Gasteiger partial charge in [-0.15, -0.1) is 0 Å². The number of aliphatic hydroxyl groups excluding tert-OH is 1. The van der Waals surface area contributed by atoms with E-state index in [4.69, 9.17) is 5.11 Å². The molecule has 25 heavy (non-hydrogen) atoms. The summed E-state index contributed by atoms with van der Waals surface area (Å²) in [5.41, 5.74) is 1.11. The fraction of sp³-hybridized carbons (Fsp3) is 0.667. The zero-order chi connectivity index (χ0) is 17.6. The number of quaternary nitrogens is 3. The monoisotopic (exact) mass is 351 g/mol. The fourth-order valence-corrected chi connectivity index (χ4v) is 4.46. The van der Waals surface area contributed by atoms with Crippen LogP contribution in [0.15, 0.2) is 24.3 Å². The van der Waals surface area contributed by atoms with Crippen LogP contribution in [0.3, 0.4) is 0 Å². The molecular weight excluding hydrogens is 320 g/mol. The molecule has 7 heteroatoms. The van der Waals surface area contributed by atoms with Crippen molar-refractivity contribution in [3.8, 4) is 0 Å². The van der Waals surface area contributed by atoms with E-state index in [1.165, 1.54) is 48.8 Å². The Morgan fingerprint density at radius 1 is 1.04 bits per heavy atom. The van der Waals surface area contributed by atoms with Gasteiger partial charge < -0.3 is 19.8 Å². The lowest BCUT2D eigenvalue weighted by atomic mass is 10.0. The van der Waals surface area contributed by atoms with Crippen molar-refractivity contribution in [2.75, 3.05) is 52.4 Å². The Balaban J connectivity index is 1.47. The highest BCUT2D eigenvalue weighted by Gasteiger charge is 2.33. The second-order valence-corrected chi connectivity index (χ2v) is 7.47. The molecule has 0 bridgehead atoms. The number of nitro benzene ring substituents is 1. The minimum absolute atomic E-state index is 0.255. The average Bonchev–Trinajstić information content (AvgIpc) is 2.64. The van der Waals surface area contributed by atoms with E-state index < -0.39 is 0 Å². The molecule has 2 saturated heterocycles. The zero-order valence-corrected chi connectivity index (χ0v) is 14.9. The summed E-state index contributed by atoms with van der Waals surface area (Å²) >= 11 is 0. The first-order valence-electron chi connectivity index (χ1n) is 9.52. The first-order valence-corrected chi connectivity index (χ1v) is 9.52. The molecule has 4 N–H and O–H groups in total. The van der Waals surface area contributed by atoms with Gasteiger partial charge in [-0.1, -0.05) is 12.1 Å². The Hall–Kier alpha value is -1.54. The molecule has 0 aromatic heterocycles. The average molecular weight is 351 g/mol. The largest absolute Gasteiger partial charge is 0.391 e. The molecule has 2 heterocycles. The third-order valence-electron chi connectivity index (χ3n) is 5.96. The van der Waals surface area contributed by atoms with Gasteiger partial charge in [0.1, 0.15) is 39.3 Å². The molecule has 0 atom stereocenters. The van der Waals surface area contributed by atoms with Gasteiger partial charge in [0.15, 0.2) is 0 Å². The summed E-state index contributed by atoms with van der Waals surface area (Å²) in [6.07, 6.45) is 2.42. The molecule has 3 rings (SSSR count). The van der Waals surface area contributed by atoms with Crippen LogP contribution in [0.4, 0.5) is 5.69 Å². The van der Waals surface area contributed by atoms with Crippen LogP contribution in [0, 0.1) is 10.1 Å². The van der Waals surface area contributed by atoms with Crippen LogP contribution in [-0.4, -0.2) is 68.5 Å². The Labute approximate surface area is 149 Å². The molecule has 2 aliphatic heterocycles. The van der Waals surface area contributed by atoms with E-state index in [0.717, 1.165) is 37.8 Å². The van der Waals surface area contributed by atoms with E-state index in [9.17, 15) is 10.1 Å². The number of nitro groups is 1. The quantitative estimate of drug-likeness (QED) is 0.324. The number of likely N-dealkylation sites (tertiary alicyclic amines) is 1. The number of benzene rings is 1. The number of hydrogen-bond donors (Lipinski definition) is 4. The lowest BCUT2D eigenvalue weighted by Crippen LogP contribution is -3.30. The van der Waals surface area contributed by atoms with Gasteiger partial charge in [-0.3, -0.25) is 10.1 Å². The number of nitrogens with one attached hydrogen (secondary N) is 3. The van der Waals surface area contributed by atoms with Gasteiger partial charge in [0.2, 0.25) is 0 Å². The van der Waals surface area contributed by atoms with Crippen molar-refractivity contribution in [1.82, 2.24) is 0 Å². The third-order valence-corrected chi connectivity index (χ3v) is 5.96. The van der Waals surface area contributed by atoms with Gasteiger partial charge in [0, 0.05) is 18.9 Å². The van der Waals surface area contributed by atoms with Gasteiger partial charge in [0.25, 0.3) is 5.69 Å². The van der Waals surface area contributed by atoms with Crippen molar-refractivity contribution in [2.24, 2.45) is 0 Å². The molecule has 0 amide bonds. The number of para-hydroxylation sites is 1. The molecule has 0 spiro atoms. The van der Waals surface area contributed by atoms with Crippen molar-refractivity contribution >= 4 is 5.69 Å². The highest BCUT2D eigenvalue weighted by atomic mass is 16.6. The summed E-state index contributed by atoms with van der Waals surface area (Å²) in [6.45, 7) is 8.88. The van der Waals surface area contributed by atoms with Crippen LogP contribution < -0.4 is 14.7 Å². The smallest absolute Gasteiger partial charge is 0.278 e. The summed E-state index contributed by atoms with van der Waals surface area (Å²) in [5.74, 6) is 0. The molecule has 1 aromatic rings. The second-order valence-electron chi connectivity index (χ2n) is 7.47. The van der Waals surface area contributed by atoms with E-state index >= 15 is 0 Å². The summed E-state index contributed by atoms with van der Waals surface area (Å²) in [6, 6.07) is 7.88. The first kappa shape index (κ1) is 18.3. The van der Waals surface area contributed by atoms with Crippen LogP contribution in [0.5, 0.6) is 0 Å². The van der Waals surface area contributed by atoms with E-state index in [-0.39, 0.29) is 17.2 Å². The molecule has 0 radical (unpaired) electrons. The van der Waals surface area contributed by atoms with Crippen LogP contribution >= 0.6 is 0 Å². The van der Waals surface area contributed by atoms with Gasteiger partial charge in [-0.05, 0) is 6.07 Å². The SMILES string of the molecule is O=[N+]([O-])c1ccccc1C[NH+]1CCC([NH+]2CC[NH+](CCO)CC2)CC1. The number of nitrogens with zero attached hydrogens (tertiary/aromatic N) is 1. The fourth-order valence-electron chi connectivity index (χ4n) is 4.46. The minimum atomic E-state index is -0.264. The molecule has 2 aliphatic rings. The van der Waals surface area contributed by atoms with E-state index in [2.05, 4.69) is 0 Å². The van der Waals surface area contributed by atoms with Crippen molar-refractivity contribution in [3.63, 3.8) is 0 Å². The number of hydrogen-bond acceptors (Lipinski definition) is 3. The summed E-state index contributed by atoms with van der Waals surface area (Å²) < 4.78 is 0. The Morgan fingerprint density at radius 3 is 2.36 bits per heavy atom. The first-order chi connectivity index (χ1) is 12.2. The van der Waals surface area contributed by atoms with Crippen molar-refractivity contribution in [2.45, 2.75) is 25.4 Å². The van der Waals surface area contributed by atoms with E-state index in [0.29, 0.717) is 0 Å². The van der Waals surface area contributed by atoms with Crippen LogP contribution in [0.2, 0.25) is 0 Å². The lowest BCUT2D eigenvalue weighted by Gasteiger charge is -2.37. The van der Waals surface area contributed by atoms with Crippen molar-refractivity contribution in [3.05, 3.63) is 39.9 Å². The van der Waals surface area contributed by atoms with Crippen molar-refractivity contribution in [1.29, 1.82) is 0 Å². The predicted octanol–water partition coefficient (Wildman–Crippen LogP) is -3.08.